The molecular weight excluding hydrogens is 188 g/mol. The van der Waals surface area contributed by atoms with Crippen LogP contribution in [0.2, 0.25) is 0 Å². The Morgan fingerprint density at radius 1 is 1.20 bits per heavy atom. The smallest absolute Gasteiger partial charge is 0.222 e. The average molecular weight is 210 g/mol. The highest BCUT2D eigenvalue weighted by molar-refractivity contribution is 5.77. The number of hydrogen-bond donors (Lipinski definition) is 0. The highest BCUT2D eigenvalue weighted by Crippen LogP contribution is 2.26. The Kier molecular flexibility index (Phi) is 2.75. The van der Waals surface area contributed by atoms with Gasteiger partial charge in [-0.1, -0.05) is 0 Å². The van der Waals surface area contributed by atoms with E-state index < -0.39 is 0 Å². The van der Waals surface area contributed by atoms with Gasteiger partial charge in [-0.2, -0.15) is 0 Å². The number of nitrogens with zero attached hydrogens (tertiary/aromatic N) is 2. The van der Waals surface area contributed by atoms with E-state index in [-0.39, 0.29) is 5.54 Å². The van der Waals surface area contributed by atoms with Gasteiger partial charge in [0.1, 0.15) is 0 Å². The van der Waals surface area contributed by atoms with Crippen molar-refractivity contribution in [3.63, 3.8) is 0 Å². The summed E-state index contributed by atoms with van der Waals surface area (Å²) >= 11 is 0. The molecule has 2 rings (SSSR count). The minimum atomic E-state index is 0.259. The van der Waals surface area contributed by atoms with Crippen molar-refractivity contribution < 1.29 is 4.79 Å². The number of piperidine rings is 1. The Hall–Kier alpha value is -0.570. The average Bonchev–Trinajstić information content (AvgIpc) is 2.03. The maximum Gasteiger partial charge on any atom is 0.222 e. The fourth-order valence-electron chi connectivity index (χ4n) is 2.41. The first kappa shape index (κ1) is 10.9. The van der Waals surface area contributed by atoms with Crippen molar-refractivity contribution in [1.82, 2.24) is 9.80 Å². The summed E-state index contributed by atoms with van der Waals surface area (Å²) in [6, 6.07) is 0.497. The lowest BCUT2D eigenvalue weighted by Crippen LogP contribution is -2.66. The molecule has 86 valence electrons. The normalized spacial score (nSPS) is 25.5. The van der Waals surface area contributed by atoms with Crippen molar-refractivity contribution in [2.75, 3.05) is 19.6 Å². The van der Waals surface area contributed by atoms with E-state index in [4.69, 9.17) is 0 Å². The van der Waals surface area contributed by atoms with Crippen LogP contribution in [0.1, 0.15) is 40.0 Å². The predicted octanol–water partition coefficient (Wildman–Crippen LogP) is 1.48. The number of amides is 1. The van der Waals surface area contributed by atoms with Crippen LogP contribution >= 0.6 is 0 Å². The van der Waals surface area contributed by atoms with Gasteiger partial charge in [0, 0.05) is 31.6 Å². The van der Waals surface area contributed by atoms with E-state index in [1.165, 1.54) is 6.42 Å². The maximum absolute atomic E-state index is 11.7. The second kappa shape index (κ2) is 3.78. The largest absolute Gasteiger partial charge is 0.337 e. The van der Waals surface area contributed by atoms with E-state index in [1.54, 1.807) is 0 Å². The molecule has 0 aromatic carbocycles. The molecule has 2 heterocycles. The second-order valence-electron chi connectivity index (χ2n) is 5.77. The lowest BCUT2D eigenvalue weighted by atomic mass is 9.95. The molecule has 2 fully saturated rings. The minimum absolute atomic E-state index is 0.259. The van der Waals surface area contributed by atoms with E-state index in [0.717, 1.165) is 32.5 Å². The number of carbonyl (C=O) groups excluding carboxylic acids is 1. The molecule has 0 aromatic rings. The molecule has 0 spiro atoms. The van der Waals surface area contributed by atoms with Crippen LogP contribution in [-0.4, -0.2) is 46.9 Å². The second-order valence-corrected chi connectivity index (χ2v) is 5.77. The quantitative estimate of drug-likeness (QED) is 0.654. The Morgan fingerprint density at radius 2 is 1.87 bits per heavy atom. The molecule has 1 amide bonds. The first-order chi connectivity index (χ1) is 6.98. The maximum atomic E-state index is 11.7. The number of rotatable bonds is 1. The van der Waals surface area contributed by atoms with E-state index in [9.17, 15) is 4.79 Å². The van der Waals surface area contributed by atoms with Gasteiger partial charge in [0.2, 0.25) is 5.91 Å². The van der Waals surface area contributed by atoms with Crippen LogP contribution < -0.4 is 0 Å². The summed E-state index contributed by atoms with van der Waals surface area (Å²) in [6.07, 6.45) is 3.05. The van der Waals surface area contributed by atoms with Gasteiger partial charge in [-0.15, -0.1) is 0 Å². The van der Waals surface area contributed by atoms with Crippen molar-refractivity contribution in [1.29, 1.82) is 0 Å². The topological polar surface area (TPSA) is 23.6 Å². The fourth-order valence-corrected chi connectivity index (χ4v) is 2.41. The van der Waals surface area contributed by atoms with E-state index in [2.05, 4.69) is 30.6 Å². The Bertz CT molecular complexity index is 251. The standard InChI is InChI=1S/C12H22N2O/c1-12(2,3)13-8-10(9-13)14-7-5-4-6-11(14)15/h10H,4-9H2,1-3H3. The van der Waals surface area contributed by atoms with Gasteiger partial charge < -0.3 is 4.90 Å². The van der Waals surface area contributed by atoms with E-state index in [1.807, 2.05) is 0 Å². The summed E-state index contributed by atoms with van der Waals surface area (Å²) in [5.74, 6) is 0.375. The van der Waals surface area contributed by atoms with Gasteiger partial charge >= 0.3 is 0 Å². The summed E-state index contributed by atoms with van der Waals surface area (Å²) in [6.45, 7) is 9.83. The molecule has 2 aliphatic heterocycles. The molecule has 0 N–H and O–H groups in total. The molecule has 2 aliphatic rings. The number of hydrogen-bond acceptors (Lipinski definition) is 2. The van der Waals surface area contributed by atoms with Gasteiger partial charge in [0.25, 0.3) is 0 Å². The van der Waals surface area contributed by atoms with Crippen LogP contribution in [0.15, 0.2) is 0 Å². The summed E-state index contributed by atoms with van der Waals surface area (Å²) < 4.78 is 0. The van der Waals surface area contributed by atoms with Crippen LogP contribution in [0, 0.1) is 0 Å². The lowest BCUT2D eigenvalue weighted by molar-refractivity contribution is -0.141. The number of carbonyl (C=O) groups is 1. The molecule has 3 heteroatoms. The van der Waals surface area contributed by atoms with Crippen LogP contribution in [0.25, 0.3) is 0 Å². The minimum Gasteiger partial charge on any atom is -0.337 e. The first-order valence-corrected chi connectivity index (χ1v) is 6.03. The molecule has 15 heavy (non-hydrogen) atoms. The van der Waals surface area contributed by atoms with Crippen LogP contribution in [0.3, 0.4) is 0 Å². The van der Waals surface area contributed by atoms with Gasteiger partial charge in [0.05, 0.1) is 6.04 Å². The molecule has 0 radical (unpaired) electrons. The van der Waals surface area contributed by atoms with Crippen molar-refractivity contribution in [2.24, 2.45) is 0 Å². The fraction of sp³-hybridized carbons (Fsp3) is 0.917. The third kappa shape index (κ3) is 2.17. The Balaban J connectivity index is 1.86. The van der Waals surface area contributed by atoms with Gasteiger partial charge in [-0.05, 0) is 33.6 Å². The van der Waals surface area contributed by atoms with Crippen molar-refractivity contribution in [3.05, 3.63) is 0 Å². The van der Waals surface area contributed by atoms with Gasteiger partial charge in [0.15, 0.2) is 0 Å². The molecule has 0 aliphatic carbocycles. The van der Waals surface area contributed by atoms with Crippen molar-refractivity contribution in [3.8, 4) is 0 Å². The van der Waals surface area contributed by atoms with Crippen molar-refractivity contribution in [2.45, 2.75) is 51.6 Å². The molecule has 0 saturated carbocycles. The Labute approximate surface area is 92.4 Å². The SMILES string of the molecule is CC(C)(C)N1CC(N2CCCCC2=O)C1. The van der Waals surface area contributed by atoms with Gasteiger partial charge in [-0.3, -0.25) is 9.69 Å². The summed E-state index contributed by atoms with van der Waals surface area (Å²) in [7, 11) is 0. The zero-order valence-corrected chi connectivity index (χ0v) is 10.1. The van der Waals surface area contributed by atoms with Gasteiger partial charge in [-0.25, -0.2) is 0 Å². The monoisotopic (exact) mass is 210 g/mol. The van der Waals surface area contributed by atoms with Crippen LogP contribution in [-0.2, 0) is 4.79 Å². The lowest BCUT2D eigenvalue weighted by Gasteiger charge is -2.52. The first-order valence-electron chi connectivity index (χ1n) is 6.03. The van der Waals surface area contributed by atoms with E-state index >= 15 is 0 Å². The highest BCUT2D eigenvalue weighted by Gasteiger charge is 2.39. The zero-order valence-electron chi connectivity index (χ0n) is 10.1. The Morgan fingerprint density at radius 3 is 2.40 bits per heavy atom. The van der Waals surface area contributed by atoms with Crippen LogP contribution in [0.5, 0.6) is 0 Å². The third-order valence-corrected chi connectivity index (χ3v) is 3.61. The molecular formula is C12H22N2O. The summed E-state index contributed by atoms with van der Waals surface area (Å²) in [4.78, 5) is 16.2. The molecule has 2 saturated heterocycles. The summed E-state index contributed by atoms with van der Waals surface area (Å²) in [5, 5.41) is 0. The van der Waals surface area contributed by atoms with E-state index in [0.29, 0.717) is 11.9 Å². The molecule has 0 atom stereocenters. The number of likely N-dealkylation sites (tertiary alicyclic amines) is 2. The zero-order chi connectivity index (χ0) is 11.1. The molecule has 0 unspecified atom stereocenters. The van der Waals surface area contributed by atoms with Crippen LogP contribution in [0.4, 0.5) is 0 Å². The molecule has 0 bridgehead atoms. The predicted molar refractivity (Wildman–Crippen MR) is 60.7 cm³/mol. The summed E-state index contributed by atoms with van der Waals surface area (Å²) in [5.41, 5.74) is 0.259. The third-order valence-electron chi connectivity index (χ3n) is 3.61. The highest BCUT2D eigenvalue weighted by atomic mass is 16.2. The van der Waals surface area contributed by atoms with Crippen molar-refractivity contribution >= 4 is 5.91 Å². The molecule has 0 aromatic heterocycles. The molecule has 3 nitrogen and oxygen atoms in total.